The third-order valence-corrected chi connectivity index (χ3v) is 2.55. The van der Waals surface area contributed by atoms with E-state index in [4.69, 9.17) is 5.73 Å². The van der Waals surface area contributed by atoms with Crippen LogP contribution < -0.4 is 10.6 Å². The second-order valence-corrected chi connectivity index (χ2v) is 3.64. The fraction of sp³-hybridized carbons (Fsp3) is 0.167. The summed E-state index contributed by atoms with van der Waals surface area (Å²) in [7, 11) is 0. The van der Waals surface area contributed by atoms with Gasteiger partial charge < -0.3 is 5.73 Å². The largest absolute Gasteiger partial charge is 0.326 e. The van der Waals surface area contributed by atoms with Gasteiger partial charge in [-0.3, -0.25) is 9.59 Å². The first-order valence-electron chi connectivity index (χ1n) is 5.00. The van der Waals surface area contributed by atoms with Crippen LogP contribution in [0.4, 0.5) is 5.69 Å². The molecule has 0 aliphatic carbocycles. The zero-order valence-corrected chi connectivity index (χ0v) is 8.93. The Morgan fingerprint density at radius 3 is 2.50 bits per heavy atom. The molecule has 2 rings (SSSR count). The predicted molar refractivity (Wildman–Crippen MR) is 60.6 cm³/mol. The fourth-order valence-electron chi connectivity index (χ4n) is 1.72. The molecule has 1 aromatic carbocycles. The predicted octanol–water partition coefficient (Wildman–Crippen LogP) is 0.965. The minimum atomic E-state index is -0.302. The van der Waals surface area contributed by atoms with Gasteiger partial charge in [-0.2, -0.15) is 0 Å². The number of hydrogen-bond acceptors (Lipinski definition) is 3. The number of para-hydroxylation sites is 1. The van der Waals surface area contributed by atoms with Crippen LogP contribution in [0.25, 0.3) is 0 Å². The van der Waals surface area contributed by atoms with E-state index in [0.29, 0.717) is 17.8 Å². The second kappa shape index (κ2) is 3.90. The molecule has 0 saturated heterocycles. The molecule has 0 spiro atoms. The Bertz CT molecular complexity index is 492. The van der Waals surface area contributed by atoms with Gasteiger partial charge in [-0.1, -0.05) is 18.2 Å². The lowest BCUT2D eigenvalue weighted by molar-refractivity contribution is -0.120. The molecule has 0 bridgehead atoms. The van der Waals surface area contributed by atoms with Gasteiger partial charge in [-0.25, -0.2) is 4.90 Å². The van der Waals surface area contributed by atoms with Crippen LogP contribution in [-0.2, 0) is 16.1 Å². The monoisotopic (exact) mass is 216 g/mol. The van der Waals surface area contributed by atoms with Gasteiger partial charge in [0.2, 0.25) is 0 Å². The molecule has 1 heterocycles. The van der Waals surface area contributed by atoms with Crippen molar-refractivity contribution in [2.45, 2.75) is 13.5 Å². The van der Waals surface area contributed by atoms with Crippen molar-refractivity contribution in [3.05, 3.63) is 41.5 Å². The van der Waals surface area contributed by atoms with Crippen molar-refractivity contribution in [1.29, 1.82) is 0 Å². The van der Waals surface area contributed by atoms with Crippen molar-refractivity contribution in [3.63, 3.8) is 0 Å². The maximum absolute atomic E-state index is 11.8. The maximum atomic E-state index is 11.8. The van der Waals surface area contributed by atoms with E-state index in [9.17, 15) is 9.59 Å². The molecule has 2 N–H and O–H groups in total. The van der Waals surface area contributed by atoms with E-state index < -0.39 is 0 Å². The average Bonchev–Trinajstić information content (AvgIpc) is 2.53. The van der Waals surface area contributed by atoms with Crippen molar-refractivity contribution < 1.29 is 9.59 Å². The molecular weight excluding hydrogens is 204 g/mol. The average molecular weight is 216 g/mol. The number of benzene rings is 1. The number of nitrogens with two attached hydrogens (primary N) is 1. The molecule has 1 aromatic rings. The summed E-state index contributed by atoms with van der Waals surface area (Å²) < 4.78 is 0. The van der Waals surface area contributed by atoms with Gasteiger partial charge in [-0.05, 0) is 18.6 Å². The van der Waals surface area contributed by atoms with Crippen LogP contribution in [0.2, 0.25) is 0 Å². The van der Waals surface area contributed by atoms with Gasteiger partial charge in [0.1, 0.15) is 0 Å². The highest BCUT2D eigenvalue weighted by molar-refractivity contribution is 6.30. The van der Waals surface area contributed by atoms with Crippen molar-refractivity contribution in [1.82, 2.24) is 0 Å². The molecule has 0 atom stereocenters. The number of imide groups is 1. The first kappa shape index (κ1) is 10.6. The number of carbonyl (C=O) groups excluding carboxylic acids is 2. The lowest BCUT2D eigenvalue weighted by Gasteiger charge is -2.17. The van der Waals surface area contributed by atoms with Crippen LogP contribution >= 0.6 is 0 Å². The molecule has 82 valence electrons. The molecule has 1 aliphatic heterocycles. The molecule has 1 aliphatic rings. The minimum Gasteiger partial charge on any atom is -0.326 e. The van der Waals surface area contributed by atoms with Gasteiger partial charge in [0.15, 0.2) is 0 Å². The van der Waals surface area contributed by atoms with Crippen molar-refractivity contribution in [2.75, 3.05) is 4.90 Å². The van der Waals surface area contributed by atoms with E-state index in [-0.39, 0.29) is 11.8 Å². The smallest absolute Gasteiger partial charge is 0.261 e. The molecule has 16 heavy (non-hydrogen) atoms. The number of rotatable bonds is 2. The van der Waals surface area contributed by atoms with E-state index in [1.807, 2.05) is 12.1 Å². The third kappa shape index (κ3) is 1.53. The van der Waals surface area contributed by atoms with Crippen molar-refractivity contribution >= 4 is 17.5 Å². The van der Waals surface area contributed by atoms with Crippen LogP contribution in [-0.4, -0.2) is 11.8 Å². The normalized spacial score (nSPS) is 15.6. The summed E-state index contributed by atoms with van der Waals surface area (Å²) in [6, 6.07) is 7.15. The van der Waals surface area contributed by atoms with E-state index in [0.717, 1.165) is 10.5 Å². The number of amides is 2. The topological polar surface area (TPSA) is 63.4 Å². The third-order valence-electron chi connectivity index (χ3n) is 2.55. The van der Waals surface area contributed by atoms with E-state index in [2.05, 4.69) is 0 Å². The summed E-state index contributed by atoms with van der Waals surface area (Å²) in [5.41, 5.74) is 7.39. The van der Waals surface area contributed by atoms with E-state index in [1.165, 1.54) is 6.08 Å². The minimum absolute atomic E-state index is 0.272. The Morgan fingerprint density at radius 2 is 1.94 bits per heavy atom. The molecule has 0 unspecified atom stereocenters. The van der Waals surface area contributed by atoms with Gasteiger partial charge in [-0.15, -0.1) is 0 Å². The lowest BCUT2D eigenvalue weighted by Crippen LogP contribution is -2.31. The summed E-state index contributed by atoms with van der Waals surface area (Å²) >= 11 is 0. The Morgan fingerprint density at radius 1 is 1.25 bits per heavy atom. The Balaban J connectivity index is 2.46. The summed E-state index contributed by atoms with van der Waals surface area (Å²) in [6.07, 6.45) is 1.34. The first-order valence-corrected chi connectivity index (χ1v) is 5.00. The fourth-order valence-corrected chi connectivity index (χ4v) is 1.72. The van der Waals surface area contributed by atoms with Gasteiger partial charge in [0, 0.05) is 18.2 Å². The molecule has 0 saturated carbocycles. The van der Waals surface area contributed by atoms with Crippen LogP contribution in [0, 0.1) is 0 Å². The van der Waals surface area contributed by atoms with Crippen LogP contribution in [0.5, 0.6) is 0 Å². The van der Waals surface area contributed by atoms with Crippen LogP contribution in [0.1, 0.15) is 12.5 Å². The summed E-state index contributed by atoms with van der Waals surface area (Å²) in [5, 5.41) is 0. The first-order chi connectivity index (χ1) is 7.65. The second-order valence-electron chi connectivity index (χ2n) is 3.64. The molecule has 0 radical (unpaired) electrons. The van der Waals surface area contributed by atoms with Crippen LogP contribution in [0.15, 0.2) is 35.9 Å². The van der Waals surface area contributed by atoms with Crippen LogP contribution in [0.3, 0.4) is 0 Å². The molecule has 4 nitrogen and oxygen atoms in total. The van der Waals surface area contributed by atoms with Crippen molar-refractivity contribution in [3.8, 4) is 0 Å². The van der Waals surface area contributed by atoms with Gasteiger partial charge in [0.25, 0.3) is 11.8 Å². The van der Waals surface area contributed by atoms with Gasteiger partial charge in [0.05, 0.1) is 5.69 Å². The molecule has 2 amide bonds. The van der Waals surface area contributed by atoms with Crippen molar-refractivity contribution in [2.24, 2.45) is 5.73 Å². The number of hydrogen-bond donors (Lipinski definition) is 1. The zero-order chi connectivity index (χ0) is 11.7. The molecule has 0 aromatic heterocycles. The summed E-state index contributed by atoms with van der Waals surface area (Å²) in [4.78, 5) is 24.6. The van der Waals surface area contributed by atoms with Gasteiger partial charge >= 0.3 is 0 Å². The zero-order valence-electron chi connectivity index (χ0n) is 8.93. The number of anilines is 1. The van der Waals surface area contributed by atoms with E-state index >= 15 is 0 Å². The summed E-state index contributed by atoms with van der Waals surface area (Å²) in [5.74, 6) is -0.575. The SMILES string of the molecule is CC1=CC(=O)N(c2ccccc2CN)C1=O. The standard InChI is InChI=1S/C12H12N2O2/c1-8-6-11(15)14(12(8)16)10-5-3-2-4-9(10)7-13/h2-6H,7,13H2,1H3. The summed E-state index contributed by atoms with van der Waals surface area (Å²) in [6.45, 7) is 1.93. The Hall–Kier alpha value is -1.94. The highest BCUT2D eigenvalue weighted by Gasteiger charge is 2.30. The number of nitrogens with zero attached hydrogens (tertiary/aromatic N) is 1. The molecule has 4 heteroatoms. The van der Waals surface area contributed by atoms with E-state index in [1.54, 1.807) is 19.1 Å². The molecular formula is C12H12N2O2. The highest BCUT2D eigenvalue weighted by atomic mass is 16.2. The number of carbonyl (C=O) groups is 2. The Kier molecular flexibility index (Phi) is 2.58. The highest BCUT2D eigenvalue weighted by Crippen LogP contribution is 2.25. The molecule has 0 fully saturated rings. The maximum Gasteiger partial charge on any atom is 0.261 e. The quantitative estimate of drug-likeness (QED) is 0.749. The Labute approximate surface area is 93.3 Å². The lowest BCUT2D eigenvalue weighted by atomic mass is 10.1.